The molecule has 1 aromatic carbocycles. The number of ether oxygens (including phenoxy) is 1. The minimum Gasteiger partial charge on any atom is -0.507 e. The SMILES string of the molecule is COC(=O)c1cc(-c2cc(N)n[nH]2)c(O)cc1O. The maximum atomic E-state index is 11.4. The number of nitrogens with one attached hydrogen (secondary N) is 1. The predicted octanol–water partition coefficient (Wildman–Crippen LogP) is 0.857. The molecule has 0 atom stereocenters. The van der Waals surface area contributed by atoms with Crippen molar-refractivity contribution in [2.45, 2.75) is 0 Å². The molecule has 0 spiro atoms. The largest absolute Gasteiger partial charge is 0.507 e. The number of nitrogen functional groups attached to an aromatic ring is 1. The Morgan fingerprint density at radius 2 is 2.06 bits per heavy atom. The Labute approximate surface area is 102 Å². The first-order chi connectivity index (χ1) is 8.52. The molecule has 0 aliphatic heterocycles. The van der Waals surface area contributed by atoms with Gasteiger partial charge in [0, 0.05) is 17.7 Å². The number of nitrogens with two attached hydrogens (primary N) is 1. The fourth-order valence-electron chi connectivity index (χ4n) is 1.54. The summed E-state index contributed by atoms with van der Waals surface area (Å²) in [5, 5.41) is 25.6. The smallest absolute Gasteiger partial charge is 0.341 e. The van der Waals surface area contributed by atoms with E-state index in [0.717, 1.165) is 6.07 Å². The number of hydrogen-bond donors (Lipinski definition) is 4. The number of aromatic amines is 1. The van der Waals surface area contributed by atoms with Crippen molar-refractivity contribution in [1.82, 2.24) is 10.2 Å². The van der Waals surface area contributed by atoms with E-state index in [4.69, 9.17) is 5.73 Å². The molecule has 7 heteroatoms. The lowest BCUT2D eigenvalue weighted by Gasteiger charge is -2.07. The van der Waals surface area contributed by atoms with Crippen LogP contribution in [0.25, 0.3) is 11.3 Å². The van der Waals surface area contributed by atoms with Gasteiger partial charge in [-0.05, 0) is 6.07 Å². The molecule has 0 radical (unpaired) electrons. The van der Waals surface area contributed by atoms with E-state index in [1.54, 1.807) is 0 Å². The van der Waals surface area contributed by atoms with Crippen LogP contribution in [-0.4, -0.2) is 33.5 Å². The van der Waals surface area contributed by atoms with E-state index in [1.165, 1.54) is 19.2 Å². The van der Waals surface area contributed by atoms with Gasteiger partial charge >= 0.3 is 5.97 Å². The van der Waals surface area contributed by atoms with Crippen LogP contribution >= 0.6 is 0 Å². The average Bonchev–Trinajstić information content (AvgIpc) is 2.75. The van der Waals surface area contributed by atoms with Crippen LogP contribution in [0.15, 0.2) is 18.2 Å². The van der Waals surface area contributed by atoms with E-state index >= 15 is 0 Å². The Bertz CT molecular complexity index is 606. The summed E-state index contributed by atoms with van der Waals surface area (Å²) in [5.41, 5.74) is 6.11. The van der Waals surface area contributed by atoms with Gasteiger partial charge in [0.25, 0.3) is 0 Å². The first-order valence-corrected chi connectivity index (χ1v) is 4.98. The molecule has 94 valence electrons. The third-order valence-electron chi connectivity index (χ3n) is 2.41. The fraction of sp³-hybridized carbons (Fsp3) is 0.0909. The molecule has 18 heavy (non-hydrogen) atoms. The van der Waals surface area contributed by atoms with Crippen LogP contribution in [0, 0.1) is 0 Å². The summed E-state index contributed by atoms with van der Waals surface area (Å²) in [6.45, 7) is 0. The normalized spacial score (nSPS) is 10.3. The standard InChI is InChI=1S/C11H11N3O4/c1-18-11(17)6-2-5(8(15)4-9(6)16)7-3-10(12)14-13-7/h2-4,15-16H,1H3,(H3,12,13,14). The highest BCUT2D eigenvalue weighted by Gasteiger charge is 2.17. The van der Waals surface area contributed by atoms with Gasteiger partial charge in [0.1, 0.15) is 22.9 Å². The van der Waals surface area contributed by atoms with Crippen molar-refractivity contribution in [2.75, 3.05) is 12.8 Å². The van der Waals surface area contributed by atoms with Crippen molar-refractivity contribution in [3.63, 3.8) is 0 Å². The highest BCUT2D eigenvalue weighted by molar-refractivity contribution is 5.94. The molecule has 0 fully saturated rings. The lowest BCUT2D eigenvalue weighted by Crippen LogP contribution is -2.02. The van der Waals surface area contributed by atoms with Crippen LogP contribution in [-0.2, 0) is 4.74 Å². The lowest BCUT2D eigenvalue weighted by molar-refractivity contribution is 0.0597. The third-order valence-corrected chi connectivity index (χ3v) is 2.41. The first-order valence-electron chi connectivity index (χ1n) is 4.98. The van der Waals surface area contributed by atoms with E-state index < -0.39 is 5.97 Å². The number of carbonyl (C=O) groups is 1. The van der Waals surface area contributed by atoms with Gasteiger partial charge in [0.05, 0.1) is 12.8 Å². The molecule has 0 aliphatic rings. The van der Waals surface area contributed by atoms with E-state index in [1.807, 2.05) is 0 Å². The van der Waals surface area contributed by atoms with Gasteiger partial charge < -0.3 is 20.7 Å². The van der Waals surface area contributed by atoms with Crippen LogP contribution in [0.5, 0.6) is 11.5 Å². The van der Waals surface area contributed by atoms with Gasteiger partial charge in [0.15, 0.2) is 0 Å². The third kappa shape index (κ3) is 1.93. The van der Waals surface area contributed by atoms with Gasteiger partial charge in [-0.15, -0.1) is 0 Å². The first kappa shape index (κ1) is 11.8. The van der Waals surface area contributed by atoms with E-state index in [-0.39, 0.29) is 28.4 Å². The van der Waals surface area contributed by atoms with Gasteiger partial charge in [-0.2, -0.15) is 5.10 Å². The molecule has 0 bridgehead atoms. The molecule has 1 heterocycles. The number of phenols is 2. The van der Waals surface area contributed by atoms with Crippen LogP contribution in [0.3, 0.4) is 0 Å². The number of anilines is 1. The lowest BCUT2D eigenvalue weighted by atomic mass is 10.1. The second-order valence-corrected chi connectivity index (χ2v) is 3.58. The van der Waals surface area contributed by atoms with E-state index in [9.17, 15) is 15.0 Å². The van der Waals surface area contributed by atoms with Crippen molar-refractivity contribution in [1.29, 1.82) is 0 Å². The van der Waals surface area contributed by atoms with E-state index in [2.05, 4.69) is 14.9 Å². The number of phenolic OH excluding ortho intramolecular Hbond substituents is 2. The van der Waals surface area contributed by atoms with Crippen molar-refractivity contribution in [2.24, 2.45) is 0 Å². The van der Waals surface area contributed by atoms with E-state index in [0.29, 0.717) is 5.69 Å². The summed E-state index contributed by atoms with van der Waals surface area (Å²) < 4.78 is 4.52. The summed E-state index contributed by atoms with van der Waals surface area (Å²) in [5.74, 6) is -1.03. The number of nitrogens with zero attached hydrogens (tertiary/aromatic N) is 1. The van der Waals surface area contributed by atoms with Crippen molar-refractivity contribution in [3.05, 3.63) is 23.8 Å². The van der Waals surface area contributed by atoms with Crippen LogP contribution in [0.4, 0.5) is 5.82 Å². The molecule has 7 nitrogen and oxygen atoms in total. The van der Waals surface area contributed by atoms with Crippen molar-refractivity contribution < 1.29 is 19.7 Å². The number of aromatic nitrogens is 2. The zero-order valence-electron chi connectivity index (χ0n) is 9.47. The predicted molar refractivity (Wildman–Crippen MR) is 63.1 cm³/mol. The summed E-state index contributed by atoms with van der Waals surface area (Å²) in [7, 11) is 1.20. The average molecular weight is 249 g/mol. The zero-order valence-corrected chi connectivity index (χ0v) is 9.47. The molecule has 0 saturated carbocycles. The molecular formula is C11H11N3O4. The highest BCUT2D eigenvalue weighted by Crippen LogP contribution is 2.34. The number of esters is 1. The number of methoxy groups -OCH3 is 1. The van der Waals surface area contributed by atoms with Crippen LogP contribution < -0.4 is 5.73 Å². The van der Waals surface area contributed by atoms with Crippen LogP contribution in [0.2, 0.25) is 0 Å². The van der Waals surface area contributed by atoms with Crippen molar-refractivity contribution >= 4 is 11.8 Å². The number of benzene rings is 1. The second kappa shape index (κ2) is 4.28. The Kier molecular flexibility index (Phi) is 2.80. The molecule has 1 aromatic heterocycles. The molecular weight excluding hydrogens is 238 g/mol. The number of H-pyrrole nitrogens is 1. The Balaban J connectivity index is 2.58. The summed E-state index contributed by atoms with van der Waals surface area (Å²) in [4.78, 5) is 11.4. The Morgan fingerprint density at radius 1 is 1.33 bits per heavy atom. The molecule has 0 amide bonds. The van der Waals surface area contributed by atoms with Gasteiger partial charge in [0.2, 0.25) is 0 Å². The summed E-state index contributed by atoms with van der Waals surface area (Å²) in [6.07, 6.45) is 0. The van der Waals surface area contributed by atoms with Gasteiger partial charge in [-0.3, -0.25) is 5.10 Å². The maximum Gasteiger partial charge on any atom is 0.341 e. The number of carbonyl (C=O) groups excluding carboxylic acids is 1. The molecule has 0 unspecified atom stereocenters. The van der Waals surface area contributed by atoms with Crippen LogP contribution in [0.1, 0.15) is 10.4 Å². The van der Waals surface area contributed by atoms with Gasteiger partial charge in [-0.25, -0.2) is 4.79 Å². The quantitative estimate of drug-likeness (QED) is 0.585. The summed E-state index contributed by atoms with van der Waals surface area (Å²) in [6, 6.07) is 3.84. The molecule has 2 rings (SSSR count). The molecule has 5 N–H and O–H groups in total. The fourth-order valence-corrected chi connectivity index (χ4v) is 1.54. The van der Waals surface area contributed by atoms with Gasteiger partial charge in [-0.1, -0.05) is 0 Å². The van der Waals surface area contributed by atoms with Crippen molar-refractivity contribution in [3.8, 4) is 22.8 Å². The summed E-state index contributed by atoms with van der Waals surface area (Å²) >= 11 is 0. The number of aromatic hydroxyl groups is 2. The number of hydrogen-bond acceptors (Lipinski definition) is 6. The Morgan fingerprint density at radius 3 is 2.61 bits per heavy atom. The minimum atomic E-state index is -0.707. The minimum absolute atomic E-state index is 0.0570. The number of rotatable bonds is 2. The molecule has 0 saturated heterocycles. The second-order valence-electron chi connectivity index (χ2n) is 3.58. The molecule has 0 aliphatic carbocycles. The monoisotopic (exact) mass is 249 g/mol. The Hall–Kier alpha value is -2.70. The molecule has 2 aromatic rings. The highest BCUT2D eigenvalue weighted by atomic mass is 16.5. The topological polar surface area (TPSA) is 121 Å². The maximum absolute atomic E-state index is 11.4. The zero-order chi connectivity index (χ0) is 13.3.